The summed E-state index contributed by atoms with van der Waals surface area (Å²) in [6.45, 7) is 5.07. The van der Waals surface area contributed by atoms with E-state index >= 15 is 0 Å². The Hall–Kier alpha value is -3.36. The summed E-state index contributed by atoms with van der Waals surface area (Å²) in [5.74, 6) is -2.11. The lowest BCUT2D eigenvalue weighted by molar-refractivity contribution is -0.116. The Balaban J connectivity index is 1.98. The fraction of sp³-hybridized carbons (Fsp3) is 0.263. The summed E-state index contributed by atoms with van der Waals surface area (Å²) in [6, 6.07) is 5.99. The van der Waals surface area contributed by atoms with Crippen molar-refractivity contribution in [1.82, 2.24) is 19.3 Å². The van der Waals surface area contributed by atoms with E-state index in [0.717, 1.165) is 28.1 Å². The monoisotopic (exact) mass is 387 g/mol. The molecule has 0 aliphatic rings. The van der Waals surface area contributed by atoms with E-state index in [1.54, 1.807) is 6.92 Å². The van der Waals surface area contributed by atoms with Crippen LogP contribution in [0, 0.1) is 25.5 Å². The Morgan fingerprint density at radius 2 is 1.93 bits per heavy atom. The number of anilines is 1. The zero-order chi connectivity index (χ0) is 20.4. The minimum absolute atomic E-state index is 0.176. The molecule has 1 N–H and O–H groups in total. The van der Waals surface area contributed by atoms with Crippen molar-refractivity contribution in [3.8, 4) is 5.95 Å². The highest BCUT2D eigenvalue weighted by Gasteiger charge is 2.17. The molecule has 0 atom stereocenters. The molecule has 2 aromatic heterocycles. The topological polar surface area (TPSA) is 81.8 Å². The molecule has 3 rings (SSSR count). The second kappa shape index (κ2) is 7.71. The Morgan fingerprint density at radius 1 is 1.18 bits per heavy atom. The van der Waals surface area contributed by atoms with Crippen molar-refractivity contribution in [2.24, 2.45) is 0 Å². The van der Waals surface area contributed by atoms with Crippen LogP contribution in [0.5, 0.6) is 0 Å². The standard InChI is InChI=1S/C19H19F2N5O2/c1-4-14-9-18(28)25(19(22-14)26-12(3)7-11(2)24-26)10-17(27)23-16-6-5-13(20)8-15(16)21/h5-9H,4,10H2,1-3H3,(H,23,27). The molecule has 3 aromatic rings. The molecule has 0 unspecified atom stereocenters. The van der Waals surface area contributed by atoms with Crippen LogP contribution in [0.3, 0.4) is 0 Å². The summed E-state index contributed by atoms with van der Waals surface area (Å²) >= 11 is 0. The molecule has 7 nitrogen and oxygen atoms in total. The molecule has 0 fully saturated rings. The van der Waals surface area contributed by atoms with Gasteiger partial charge in [-0.2, -0.15) is 5.10 Å². The van der Waals surface area contributed by atoms with Gasteiger partial charge in [0.05, 0.1) is 11.4 Å². The van der Waals surface area contributed by atoms with E-state index in [1.807, 2.05) is 19.9 Å². The summed E-state index contributed by atoms with van der Waals surface area (Å²) in [4.78, 5) is 29.4. The number of aromatic nitrogens is 4. The molecule has 0 radical (unpaired) electrons. The zero-order valence-corrected chi connectivity index (χ0v) is 15.7. The number of hydrogen-bond acceptors (Lipinski definition) is 4. The van der Waals surface area contributed by atoms with Gasteiger partial charge in [-0.3, -0.25) is 14.2 Å². The summed E-state index contributed by atoms with van der Waals surface area (Å²) in [7, 11) is 0. The van der Waals surface area contributed by atoms with Gasteiger partial charge in [0.15, 0.2) is 0 Å². The summed E-state index contributed by atoms with van der Waals surface area (Å²) in [5, 5.41) is 6.68. The third-order valence-electron chi connectivity index (χ3n) is 4.11. The van der Waals surface area contributed by atoms with Crippen LogP contribution in [-0.2, 0) is 17.8 Å². The van der Waals surface area contributed by atoms with E-state index in [-0.39, 0.29) is 11.6 Å². The Morgan fingerprint density at radius 3 is 2.54 bits per heavy atom. The molecule has 1 amide bonds. The lowest BCUT2D eigenvalue weighted by atomic mass is 10.3. The highest BCUT2D eigenvalue weighted by Crippen LogP contribution is 2.15. The number of amides is 1. The third kappa shape index (κ3) is 3.98. The van der Waals surface area contributed by atoms with Crippen LogP contribution in [0.1, 0.15) is 24.0 Å². The number of hydrogen-bond donors (Lipinski definition) is 1. The average Bonchev–Trinajstić information content (AvgIpc) is 2.97. The molecule has 0 saturated carbocycles. The van der Waals surface area contributed by atoms with E-state index in [0.29, 0.717) is 18.2 Å². The SMILES string of the molecule is CCc1cc(=O)n(CC(=O)Nc2ccc(F)cc2F)c(-n2nc(C)cc2C)n1. The maximum Gasteiger partial charge on any atom is 0.255 e. The molecule has 0 aliphatic heterocycles. The van der Waals surface area contributed by atoms with Gasteiger partial charge in [0, 0.05) is 23.5 Å². The first-order valence-electron chi connectivity index (χ1n) is 8.67. The van der Waals surface area contributed by atoms with Gasteiger partial charge in [-0.25, -0.2) is 18.4 Å². The minimum atomic E-state index is -0.904. The minimum Gasteiger partial charge on any atom is -0.322 e. The van der Waals surface area contributed by atoms with E-state index in [1.165, 1.54) is 10.7 Å². The van der Waals surface area contributed by atoms with Crippen LogP contribution in [0.4, 0.5) is 14.5 Å². The molecule has 0 spiro atoms. The van der Waals surface area contributed by atoms with E-state index in [9.17, 15) is 18.4 Å². The lowest BCUT2D eigenvalue weighted by Gasteiger charge is -2.14. The Bertz CT molecular complexity index is 1100. The van der Waals surface area contributed by atoms with E-state index < -0.39 is 29.6 Å². The molecule has 0 saturated heterocycles. The predicted molar refractivity (Wildman–Crippen MR) is 99.5 cm³/mol. The normalized spacial score (nSPS) is 10.9. The van der Waals surface area contributed by atoms with Crippen LogP contribution in [0.25, 0.3) is 5.95 Å². The summed E-state index contributed by atoms with van der Waals surface area (Å²) in [5.41, 5.74) is 1.44. The fourth-order valence-corrected chi connectivity index (χ4v) is 2.79. The van der Waals surface area contributed by atoms with Crippen LogP contribution >= 0.6 is 0 Å². The second-order valence-electron chi connectivity index (χ2n) is 6.34. The Labute approximate surface area is 159 Å². The number of aryl methyl sites for hydroxylation is 3. The first-order chi connectivity index (χ1) is 13.3. The molecule has 146 valence electrons. The molecular weight excluding hydrogens is 368 g/mol. The number of benzene rings is 1. The van der Waals surface area contributed by atoms with Crippen molar-refractivity contribution in [2.75, 3.05) is 5.32 Å². The van der Waals surface area contributed by atoms with Gasteiger partial charge in [-0.05, 0) is 38.5 Å². The molecule has 28 heavy (non-hydrogen) atoms. The predicted octanol–water partition coefficient (Wildman–Crippen LogP) is 2.53. The van der Waals surface area contributed by atoms with Crippen molar-refractivity contribution in [1.29, 1.82) is 0 Å². The third-order valence-corrected chi connectivity index (χ3v) is 4.11. The number of halogens is 2. The second-order valence-corrected chi connectivity index (χ2v) is 6.34. The van der Waals surface area contributed by atoms with Crippen molar-refractivity contribution >= 4 is 11.6 Å². The van der Waals surface area contributed by atoms with Gasteiger partial charge >= 0.3 is 0 Å². The molecular formula is C19H19F2N5O2. The van der Waals surface area contributed by atoms with Gasteiger partial charge in [0.25, 0.3) is 5.56 Å². The summed E-state index contributed by atoms with van der Waals surface area (Å²) < 4.78 is 29.4. The van der Waals surface area contributed by atoms with Crippen LogP contribution in [0.2, 0.25) is 0 Å². The number of rotatable bonds is 5. The van der Waals surface area contributed by atoms with E-state index in [2.05, 4.69) is 15.4 Å². The lowest BCUT2D eigenvalue weighted by Crippen LogP contribution is -2.32. The van der Waals surface area contributed by atoms with E-state index in [4.69, 9.17) is 0 Å². The first-order valence-corrected chi connectivity index (χ1v) is 8.67. The van der Waals surface area contributed by atoms with Gasteiger partial charge < -0.3 is 5.32 Å². The number of nitrogens with zero attached hydrogens (tertiary/aromatic N) is 4. The van der Waals surface area contributed by atoms with Crippen molar-refractivity contribution in [3.05, 3.63) is 69.4 Å². The number of carbonyl (C=O) groups excluding carboxylic acids is 1. The summed E-state index contributed by atoms with van der Waals surface area (Å²) in [6.07, 6.45) is 0.537. The number of nitrogens with one attached hydrogen (secondary N) is 1. The Kier molecular flexibility index (Phi) is 5.34. The molecule has 1 aromatic carbocycles. The van der Waals surface area contributed by atoms with Gasteiger partial charge in [0.2, 0.25) is 11.9 Å². The molecule has 0 aliphatic carbocycles. The molecule has 2 heterocycles. The molecule has 9 heteroatoms. The fourth-order valence-electron chi connectivity index (χ4n) is 2.79. The van der Waals surface area contributed by atoms with Gasteiger partial charge in [-0.1, -0.05) is 6.92 Å². The first kappa shape index (κ1) is 19.4. The highest BCUT2D eigenvalue weighted by atomic mass is 19.1. The zero-order valence-electron chi connectivity index (χ0n) is 15.7. The van der Waals surface area contributed by atoms with Crippen LogP contribution in [0.15, 0.2) is 35.1 Å². The van der Waals surface area contributed by atoms with Crippen molar-refractivity contribution < 1.29 is 13.6 Å². The maximum absolute atomic E-state index is 13.8. The molecule has 0 bridgehead atoms. The maximum atomic E-state index is 13.8. The smallest absolute Gasteiger partial charge is 0.255 e. The average molecular weight is 387 g/mol. The van der Waals surface area contributed by atoms with Gasteiger partial charge in [-0.15, -0.1) is 0 Å². The quantitative estimate of drug-likeness (QED) is 0.729. The highest BCUT2D eigenvalue weighted by molar-refractivity contribution is 5.90. The van der Waals surface area contributed by atoms with Crippen molar-refractivity contribution in [3.63, 3.8) is 0 Å². The van der Waals surface area contributed by atoms with Gasteiger partial charge in [0.1, 0.15) is 18.2 Å². The van der Waals surface area contributed by atoms with Crippen LogP contribution in [-0.4, -0.2) is 25.2 Å². The number of carbonyl (C=O) groups is 1. The van der Waals surface area contributed by atoms with Crippen molar-refractivity contribution in [2.45, 2.75) is 33.7 Å². The van der Waals surface area contributed by atoms with Crippen LogP contribution < -0.4 is 10.9 Å². The largest absolute Gasteiger partial charge is 0.322 e.